The molecule has 0 atom stereocenters. The van der Waals surface area contributed by atoms with Gasteiger partial charge in [0.15, 0.2) is 0 Å². The largest absolute Gasteiger partial charge is 0.369 e. The number of hydrogen-bond acceptors (Lipinski definition) is 7. The van der Waals surface area contributed by atoms with E-state index in [-0.39, 0.29) is 5.95 Å². The number of fused-ring (bicyclic) bond motifs is 1. The number of nitrogens with two attached hydrogens (primary N) is 1. The monoisotopic (exact) mass is 428 g/mol. The summed E-state index contributed by atoms with van der Waals surface area (Å²) in [6.45, 7) is 9.69. The molecule has 0 bridgehead atoms. The van der Waals surface area contributed by atoms with Crippen molar-refractivity contribution in [2.24, 2.45) is 0 Å². The van der Waals surface area contributed by atoms with Crippen LogP contribution in [0.5, 0.6) is 0 Å². The first-order chi connectivity index (χ1) is 15.6. The number of aromatic nitrogens is 4. The predicted octanol–water partition coefficient (Wildman–Crippen LogP) is 3.80. The lowest BCUT2D eigenvalue weighted by molar-refractivity contribution is 0.271. The maximum absolute atomic E-state index is 6.08. The third-order valence-corrected chi connectivity index (χ3v) is 6.19. The summed E-state index contributed by atoms with van der Waals surface area (Å²) in [5.74, 6) is 0.951. The lowest BCUT2D eigenvalue weighted by Gasteiger charge is -2.35. The van der Waals surface area contributed by atoms with Crippen molar-refractivity contribution < 1.29 is 0 Å². The zero-order chi connectivity index (χ0) is 22.1. The van der Waals surface area contributed by atoms with Crippen LogP contribution in [-0.4, -0.2) is 57.8 Å². The SMILES string of the molecule is CCN1CCN(c2ccc(-c3nc(N)nc(Nc4ccc5[nH]ncc5c4)c3C)cc2)CC1. The number of hydrogen-bond donors (Lipinski definition) is 3. The number of nitrogens with zero attached hydrogens (tertiary/aromatic N) is 5. The minimum absolute atomic E-state index is 0.247. The van der Waals surface area contributed by atoms with Gasteiger partial charge in [0.2, 0.25) is 5.95 Å². The fraction of sp³-hybridized carbons (Fsp3) is 0.292. The van der Waals surface area contributed by atoms with Crippen LogP contribution in [0, 0.1) is 6.92 Å². The van der Waals surface area contributed by atoms with E-state index in [2.05, 4.69) is 66.5 Å². The van der Waals surface area contributed by atoms with E-state index in [4.69, 9.17) is 5.73 Å². The van der Waals surface area contributed by atoms with Crippen molar-refractivity contribution in [3.05, 3.63) is 54.2 Å². The quantitative estimate of drug-likeness (QED) is 0.445. The Bertz CT molecular complexity index is 1220. The lowest BCUT2D eigenvalue weighted by Crippen LogP contribution is -2.46. The predicted molar refractivity (Wildman–Crippen MR) is 130 cm³/mol. The van der Waals surface area contributed by atoms with Crippen LogP contribution in [0.3, 0.4) is 0 Å². The number of nitrogens with one attached hydrogen (secondary N) is 2. The van der Waals surface area contributed by atoms with Crippen LogP contribution < -0.4 is 16.0 Å². The Morgan fingerprint density at radius 2 is 1.81 bits per heavy atom. The number of likely N-dealkylation sites (N-methyl/N-ethyl adjacent to an activating group) is 1. The van der Waals surface area contributed by atoms with Crippen LogP contribution in [0.25, 0.3) is 22.2 Å². The van der Waals surface area contributed by atoms with Gasteiger partial charge in [0.25, 0.3) is 0 Å². The molecule has 0 unspecified atom stereocenters. The van der Waals surface area contributed by atoms with Gasteiger partial charge in [-0.3, -0.25) is 5.10 Å². The first-order valence-electron chi connectivity index (χ1n) is 11.0. The smallest absolute Gasteiger partial charge is 0.222 e. The molecular weight excluding hydrogens is 400 g/mol. The molecular formula is C24H28N8. The van der Waals surface area contributed by atoms with Gasteiger partial charge in [-0.05, 0) is 43.8 Å². The van der Waals surface area contributed by atoms with Gasteiger partial charge < -0.3 is 20.9 Å². The minimum Gasteiger partial charge on any atom is -0.369 e. The van der Waals surface area contributed by atoms with Crippen molar-refractivity contribution in [2.75, 3.05) is 48.7 Å². The van der Waals surface area contributed by atoms with Crippen LogP contribution in [0.2, 0.25) is 0 Å². The topological polar surface area (TPSA) is 99.0 Å². The van der Waals surface area contributed by atoms with E-state index in [1.165, 1.54) is 5.69 Å². The third-order valence-electron chi connectivity index (χ3n) is 6.19. The Morgan fingerprint density at radius 1 is 1.03 bits per heavy atom. The first kappa shape index (κ1) is 20.3. The molecule has 1 saturated heterocycles. The Labute approximate surface area is 187 Å². The number of benzene rings is 2. The average molecular weight is 429 g/mol. The minimum atomic E-state index is 0.247. The molecule has 4 aromatic rings. The molecule has 0 spiro atoms. The molecule has 3 heterocycles. The van der Waals surface area contributed by atoms with Crippen molar-refractivity contribution in [3.8, 4) is 11.3 Å². The molecule has 0 amide bonds. The Balaban J connectivity index is 1.39. The number of aromatic amines is 1. The maximum Gasteiger partial charge on any atom is 0.222 e. The van der Waals surface area contributed by atoms with Crippen LogP contribution in [-0.2, 0) is 0 Å². The second-order valence-corrected chi connectivity index (χ2v) is 8.17. The standard InChI is InChI=1S/C24H28N8/c1-3-31-10-12-32(13-11-31)20-7-4-17(5-8-20)22-16(2)23(29-24(25)28-22)27-19-6-9-21-18(14-19)15-26-30-21/h4-9,14-15H,3,10-13H2,1-2H3,(H,26,30)(H3,25,27,28,29). The van der Waals surface area contributed by atoms with Gasteiger partial charge in [0.05, 0.1) is 17.4 Å². The van der Waals surface area contributed by atoms with Crippen LogP contribution >= 0.6 is 0 Å². The third kappa shape index (κ3) is 3.97. The van der Waals surface area contributed by atoms with Gasteiger partial charge in [0.1, 0.15) is 5.82 Å². The summed E-state index contributed by atoms with van der Waals surface area (Å²) in [5.41, 5.74) is 12.1. The van der Waals surface area contributed by atoms with Crippen LogP contribution in [0.4, 0.5) is 23.1 Å². The Hall–Kier alpha value is -3.65. The van der Waals surface area contributed by atoms with E-state index < -0.39 is 0 Å². The Morgan fingerprint density at radius 3 is 2.56 bits per heavy atom. The van der Waals surface area contributed by atoms with E-state index in [9.17, 15) is 0 Å². The van der Waals surface area contributed by atoms with Crippen molar-refractivity contribution in [3.63, 3.8) is 0 Å². The van der Waals surface area contributed by atoms with Gasteiger partial charge in [-0.25, -0.2) is 4.98 Å². The summed E-state index contributed by atoms with van der Waals surface area (Å²) in [5, 5.41) is 11.5. The van der Waals surface area contributed by atoms with Gasteiger partial charge in [-0.15, -0.1) is 0 Å². The van der Waals surface area contributed by atoms with E-state index in [0.29, 0.717) is 5.82 Å². The highest BCUT2D eigenvalue weighted by Crippen LogP contribution is 2.30. The second-order valence-electron chi connectivity index (χ2n) is 8.17. The second kappa shape index (κ2) is 8.47. The number of anilines is 4. The molecule has 8 heteroatoms. The van der Waals surface area contributed by atoms with Crippen LogP contribution in [0.1, 0.15) is 12.5 Å². The average Bonchev–Trinajstić information content (AvgIpc) is 3.29. The maximum atomic E-state index is 6.08. The van der Waals surface area contributed by atoms with Crippen LogP contribution in [0.15, 0.2) is 48.7 Å². The summed E-state index contributed by atoms with van der Waals surface area (Å²) in [4.78, 5) is 13.9. The molecule has 8 nitrogen and oxygen atoms in total. The highest BCUT2D eigenvalue weighted by atomic mass is 15.3. The van der Waals surface area contributed by atoms with Gasteiger partial charge >= 0.3 is 0 Å². The molecule has 1 aliphatic rings. The van der Waals surface area contributed by atoms with E-state index in [0.717, 1.165) is 66.1 Å². The molecule has 164 valence electrons. The molecule has 5 rings (SSSR count). The van der Waals surface area contributed by atoms with Crippen molar-refractivity contribution in [1.82, 2.24) is 25.1 Å². The number of rotatable bonds is 5. The van der Waals surface area contributed by atoms with Crippen molar-refractivity contribution in [1.29, 1.82) is 0 Å². The highest BCUT2D eigenvalue weighted by molar-refractivity contribution is 5.83. The fourth-order valence-electron chi connectivity index (χ4n) is 4.25. The Kier molecular flexibility index (Phi) is 5.36. The molecule has 0 aliphatic carbocycles. The van der Waals surface area contributed by atoms with Crippen molar-refractivity contribution in [2.45, 2.75) is 13.8 Å². The molecule has 2 aromatic heterocycles. The molecule has 4 N–H and O–H groups in total. The summed E-state index contributed by atoms with van der Waals surface area (Å²) in [6, 6.07) is 14.6. The lowest BCUT2D eigenvalue weighted by atomic mass is 10.1. The molecule has 0 saturated carbocycles. The summed E-state index contributed by atoms with van der Waals surface area (Å²) >= 11 is 0. The molecule has 32 heavy (non-hydrogen) atoms. The molecule has 0 radical (unpaired) electrons. The molecule has 1 fully saturated rings. The van der Waals surface area contributed by atoms with E-state index in [1.807, 2.05) is 25.1 Å². The molecule has 2 aromatic carbocycles. The number of piperazine rings is 1. The molecule has 1 aliphatic heterocycles. The first-order valence-corrected chi connectivity index (χ1v) is 11.0. The van der Waals surface area contributed by atoms with Gasteiger partial charge in [-0.2, -0.15) is 10.1 Å². The number of H-pyrrole nitrogens is 1. The van der Waals surface area contributed by atoms with E-state index in [1.54, 1.807) is 6.20 Å². The highest BCUT2D eigenvalue weighted by Gasteiger charge is 2.17. The zero-order valence-corrected chi connectivity index (χ0v) is 18.5. The summed E-state index contributed by atoms with van der Waals surface area (Å²) < 4.78 is 0. The summed E-state index contributed by atoms with van der Waals surface area (Å²) in [7, 11) is 0. The van der Waals surface area contributed by atoms with Crippen molar-refractivity contribution >= 4 is 34.0 Å². The fourth-order valence-corrected chi connectivity index (χ4v) is 4.25. The van der Waals surface area contributed by atoms with Gasteiger partial charge in [0, 0.05) is 54.1 Å². The summed E-state index contributed by atoms with van der Waals surface area (Å²) in [6.07, 6.45) is 1.80. The van der Waals surface area contributed by atoms with E-state index >= 15 is 0 Å². The normalized spacial score (nSPS) is 14.8. The zero-order valence-electron chi connectivity index (χ0n) is 18.5. The number of nitrogen functional groups attached to an aromatic ring is 1. The van der Waals surface area contributed by atoms with Gasteiger partial charge in [-0.1, -0.05) is 19.1 Å².